The molecule has 0 amide bonds. The number of hydrogen-bond acceptors (Lipinski definition) is 4. The van der Waals surface area contributed by atoms with Gasteiger partial charge in [0.15, 0.2) is 6.61 Å². The fraction of sp³-hybridized carbons (Fsp3) is 0.286. The Morgan fingerprint density at radius 2 is 2.07 bits per heavy atom. The van der Waals surface area contributed by atoms with Crippen molar-refractivity contribution in [3.63, 3.8) is 0 Å². The third-order valence-electron chi connectivity index (χ3n) is 4.52. The molecule has 6 nitrogen and oxygen atoms in total. The molecule has 0 aliphatic heterocycles. The van der Waals surface area contributed by atoms with Crippen LogP contribution in [0.25, 0.3) is 10.9 Å². The first-order valence-electron chi connectivity index (χ1n) is 9.04. The van der Waals surface area contributed by atoms with E-state index in [2.05, 4.69) is 17.2 Å². The molecule has 0 fully saturated rings. The molecule has 1 heterocycles. The Balaban J connectivity index is 0.00000300. The van der Waals surface area contributed by atoms with Crippen LogP contribution in [0.2, 0.25) is 5.02 Å². The average molecular weight is 426 g/mol. The number of aromatic nitrogens is 1. The Labute approximate surface area is 196 Å². The predicted octanol–water partition coefficient (Wildman–Crippen LogP) is 3.16. The number of aromatic amines is 1. The second-order valence-corrected chi connectivity index (χ2v) is 7.22. The molecule has 0 aliphatic carbocycles. The fourth-order valence-corrected chi connectivity index (χ4v) is 3.31. The van der Waals surface area contributed by atoms with E-state index in [1.807, 2.05) is 24.4 Å². The standard InChI is InChI=1S/C21H23ClN2O4.Na/c1-13(23-11-20(25)14-3-2-4-16(22)8-14)7-15-10-24-19-9-17(5-6-18(15)19)28-12-21(26)27;/h2-6,8-10,13,20,23-25H,7,11-12H2,1H3,(H,26,27);. The van der Waals surface area contributed by atoms with Gasteiger partial charge in [-0.2, -0.15) is 0 Å². The molecule has 0 spiro atoms. The molecule has 0 bridgehead atoms. The molecular weight excluding hydrogens is 403 g/mol. The number of nitrogens with one attached hydrogen (secondary N) is 2. The number of aliphatic hydroxyl groups is 1. The first kappa shape index (κ1) is 23.7. The molecule has 0 aliphatic rings. The number of ether oxygens (including phenoxy) is 1. The number of aliphatic hydroxyl groups excluding tert-OH is 1. The Morgan fingerprint density at radius 3 is 2.79 bits per heavy atom. The van der Waals surface area contributed by atoms with Gasteiger partial charge in [-0.25, -0.2) is 4.79 Å². The molecule has 3 rings (SSSR count). The van der Waals surface area contributed by atoms with Gasteiger partial charge >= 0.3 is 5.97 Å². The molecule has 29 heavy (non-hydrogen) atoms. The summed E-state index contributed by atoms with van der Waals surface area (Å²) in [6.07, 6.45) is 2.09. The van der Waals surface area contributed by atoms with Gasteiger partial charge in [0.2, 0.25) is 0 Å². The zero-order valence-corrected chi connectivity index (χ0v) is 19.2. The Hall–Kier alpha value is -1.54. The summed E-state index contributed by atoms with van der Waals surface area (Å²) in [6.45, 7) is 2.12. The summed E-state index contributed by atoms with van der Waals surface area (Å²) in [4.78, 5) is 13.8. The molecule has 3 aromatic rings. The molecule has 1 aromatic heterocycles. The van der Waals surface area contributed by atoms with Crippen molar-refractivity contribution in [2.45, 2.75) is 25.5 Å². The van der Waals surface area contributed by atoms with Crippen molar-refractivity contribution in [2.75, 3.05) is 13.2 Å². The summed E-state index contributed by atoms with van der Waals surface area (Å²) in [5.41, 5.74) is 2.81. The van der Waals surface area contributed by atoms with Gasteiger partial charge in [-0.1, -0.05) is 23.7 Å². The molecule has 0 saturated heterocycles. The van der Waals surface area contributed by atoms with Crippen molar-refractivity contribution in [3.8, 4) is 5.75 Å². The summed E-state index contributed by atoms with van der Waals surface area (Å²) in [5.74, 6) is -0.494. The van der Waals surface area contributed by atoms with Crippen LogP contribution in [0.4, 0.5) is 0 Å². The first-order valence-corrected chi connectivity index (χ1v) is 9.41. The second kappa shape index (κ2) is 11.0. The molecule has 2 aromatic carbocycles. The van der Waals surface area contributed by atoms with Crippen LogP contribution >= 0.6 is 11.6 Å². The van der Waals surface area contributed by atoms with Gasteiger partial charge in [0.25, 0.3) is 0 Å². The van der Waals surface area contributed by atoms with Crippen LogP contribution in [0, 0.1) is 0 Å². The minimum Gasteiger partial charge on any atom is -0.482 e. The van der Waals surface area contributed by atoms with Gasteiger partial charge in [-0.3, -0.25) is 0 Å². The topological polar surface area (TPSA) is 94.6 Å². The Kier molecular flexibility index (Phi) is 9.02. The molecule has 2 unspecified atom stereocenters. The van der Waals surface area contributed by atoms with Crippen LogP contribution in [-0.2, 0) is 11.2 Å². The van der Waals surface area contributed by atoms with E-state index in [1.165, 1.54) is 0 Å². The monoisotopic (exact) mass is 425 g/mol. The number of carboxylic acid groups (broad SMARTS) is 1. The van der Waals surface area contributed by atoms with E-state index < -0.39 is 12.1 Å². The van der Waals surface area contributed by atoms with Crippen LogP contribution in [0.1, 0.15) is 24.2 Å². The minimum absolute atomic E-state index is 0. The van der Waals surface area contributed by atoms with Crippen molar-refractivity contribution in [2.24, 2.45) is 0 Å². The normalized spacial score (nSPS) is 12.9. The predicted molar refractivity (Wildman–Crippen MR) is 115 cm³/mol. The van der Waals surface area contributed by atoms with Crippen LogP contribution in [0.3, 0.4) is 0 Å². The van der Waals surface area contributed by atoms with E-state index in [-0.39, 0.29) is 42.2 Å². The van der Waals surface area contributed by atoms with Crippen molar-refractivity contribution in [3.05, 3.63) is 64.8 Å². The second-order valence-electron chi connectivity index (χ2n) is 6.79. The van der Waals surface area contributed by atoms with Gasteiger partial charge < -0.3 is 25.3 Å². The molecular formula is C21H23ClN2NaO4. The van der Waals surface area contributed by atoms with E-state index in [4.69, 9.17) is 21.4 Å². The third kappa shape index (κ3) is 6.74. The number of fused-ring (bicyclic) bond motifs is 1. The van der Waals surface area contributed by atoms with E-state index in [0.717, 1.165) is 28.5 Å². The van der Waals surface area contributed by atoms with Crippen molar-refractivity contribution < 1.29 is 19.7 Å². The average Bonchev–Trinajstić information content (AvgIpc) is 3.06. The Bertz CT molecular complexity index is 963. The van der Waals surface area contributed by atoms with Gasteiger partial charge in [-0.15, -0.1) is 0 Å². The number of rotatable bonds is 9. The number of H-pyrrole nitrogens is 1. The zero-order valence-electron chi connectivity index (χ0n) is 16.5. The van der Waals surface area contributed by atoms with E-state index in [1.54, 1.807) is 24.3 Å². The molecule has 1 radical (unpaired) electrons. The molecule has 2 atom stereocenters. The number of hydrogen-bond donors (Lipinski definition) is 4. The van der Waals surface area contributed by atoms with Gasteiger partial charge in [0.1, 0.15) is 5.75 Å². The van der Waals surface area contributed by atoms with Gasteiger partial charge in [0.05, 0.1) is 6.10 Å². The number of benzene rings is 2. The van der Waals surface area contributed by atoms with Crippen molar-refractivity contribution in [1.82, 2.24) is 10.3 Å². The van der Waals surface area contributed by atoms with E-state index >= 15 is 0 Å². The molecule has 4 N–H and O–H groups in total. The SMILES string of the molecule is CC(Cc1c[nH]c2cc(OCC(=O)O)ccc12)NCC(O)c1cccc(Cl)c1.[Na]. The maximum absolute atomic E-state index is 10.6. The van der Waals surface area contributed by atoms with Crippen LogP contribution in [0.5, 0.6) is 5.75 Å². The van der Waals surface area contributed by atoms with E-state index in [9.17, 15) is 9.90 Å². The molecule has 149 valence electrons. The summed E-state index contributed by atoms with van der Waals surface area (Å²) < 4.78 is 5.21. The van der Waals surface area contributed by atoms with Crippen molar-refractivity contribution >= 4 is 58.0 Å². The minimum atomic E-state index is -1.01. The summed E-state index contributed by atoms with van der Waals surface area (Å²) in [6, 6.07) is 12.9. The maximum Gasteiger partial charge on any atom is 0.341 e. The fourth-order valence-electron chi connectivity index (χ4n) is 3.12. The third-order valence-corrected chi connectivity index (χ3v) is 4.76. The number of carboxylic acids is 1. The first-order chi connectivity index (χ1) is 13.4. The maximum atomic E-state index is 10.6. The summed E-state index contributed by atoms with van der Waals surface area (Å²) in [7, 11) is 0. The summed E-state index contributed by atoms with van der Waals surface area (Å²) >= 11 is 5.98. The zero-order chi connectivity index (χ0) is 20.1. The largest absolute Gasteiger partial charge is 0.482 e. The number of carbonyl (C=O) groups is 1. The Morgan fingerprint density at radius 1 is 1.28 bits per heavy atom. The molecule has 8 heteroatoms. The quantitative estimate of drug-likeness (QED) is 0.395. The summed E-state index contributed by atoms with van der Waals surface area (Å²) in [5, 5.41) is 24.1. The number of halogens is 1. The van der Waals surface area contributed by atoms with Gasteiger partial charge in [-0.05, 0) is 48.7 Å². The smallest absolute Gasteiger partial charge is 0.341 e. The van der Waals surface area contributed by atoms with Crippen molar-refractivity contribution in [1.29, 1.82) is 0 Å². The van der Waals surface area contributed by atoms with E-state index in [0.29, 0.717) is 17.3 Å². The number of aliphatic carboxylic acids is 1. The van der Waals surface area contributed by atoms with Crippen LogP contribution < -0.4 is 10.1 Å². The van der Waals surface area contributed by atoms with Crippen LogP contribution in [0.15, 0.2) is 48.7 Å². The molecule has 0 saturated carbocycles. The van der Waals surface area contributed by atoms with Crippen LogP contribution in [-0.4, -0.2) is 69.9 Å². The van der Waals surface area contributed by atoms with Gasteiger partial charge in [0, 0.05) is 70.3 Å².